The summed E-state index contributed by atoms with van der Waals surface area (Å²) in [5.74, 6) is -2.17. The molecule has 0 fully saturated rings. The average Bonchev–Trinajstić information content (AvgIpc) is 3.11. The maximum Gasteiger partial charge on any atom is 0.268 e. The minimum Gasteiger partial charge on any atom is -0.372 e. The third kappa shape index (κ3) is 4.90. The van der Waals surface area contributed by atoms with Crippen molar-refractivity contribution in [3.63, 3.8) is 0 Å². The maximum absolute atomic E-state index is 14.2. The summed E-state index contributed by atoms with van der Waals surface area (Å²) in [6.07, 6.45) is 1.88. The number of benzene rings is 3. The highest BCUT2D eigenvalue weighted by atomic mass is 32.2. The molecular weight excluding hydrogens is 536 g/mol. The van der Waals surface area contributed by atoms with Gasteiger partial charge in [0.05, 0.1) is 35.1 Å². The molecule has 5 rings (SSSR count). The summed E-state index contributed by atoms with van der Waals surface area (Å²) >= 11 is 0. The molecule has 0 saturated carbocycles. The second-order valence-electron chi connectivity index (χ2n) is 10.7. The summed E-state index contributed by atoms with van der Waals surface area (Å²) < 4.78 is 56.4. The monoisotopic (exact) mass is 563 g/mol. The van der Waals surface area contributed by atoms with Crippen LogP contribution in [-0.4, -0.2) is 30.0 Å². The lowest BCUT2D eigenvalue weighted by atomic mass is 9.87. The van der Waals surface area contributed by atoms with Gasteiger partial charge >= 0.3 is 0 Å². The fraction of sp³-hybridized carbons (Fsp3) is 0.200. The SMILES string of the molecule is CC(C)(C)NS(=O)(=O)c1ccc(C2(O)C(=O)N(Cc3ccc(-c4c(F)cncc4F)cc3)c3ccccc32)cc1. The highest BCUT2D eigenvalue weighted by molar-refractivity contribution is 7.89. The first-order chi connectivity index (χ1) is 18.8. The predicted molar refractivity (Wildman–Crippen MR) is 147 cm³/mol. The summed E-state index contributed by atoms with van der Waals surface area (Å²) in [7, 11) is -3.81. The van der Waals surface area contributed by atoms with E-state index in [0.717, 1.165) is 12.4 Å². The Bertz CT molecular complexity index is 1680. The number of sulfonamides is 1. The van der Waals surface area contributed by atoms with E-state index in [4.69, 9.17) is 0 Å². The Labute approximate surface area is 231 Å². The summed E-state index contributed by atoms with van der Waals surface area (Å²) in [5, 5.41) is 11.8. The Morgan fingerprint density at radius 3 is 2.12 bits per heavy atom. The van der Waals surface area contributed by atoms with Crippen LogP contribution >= 0.6 is 0 Å². The lowest BCUT2D eigenvalue weighted by molar-refractivity contribution is -0.132. The van der Waals surface area contributed by atoms with Crippen LogP contribution in [0.1, 0.15) is 37.5 Å². The van der Waals surface area contributed by atoms with Crippen LogP contribution in [0, 0.1) is 11.6 Å². The second-order valence-corrected chi connectivity index (χ2v) is 12.4. The third-order valence-corrected chi connectivity index (χ3v) is 8.37. The second kappa shape index (κ2) is 9.88. The Balaban J connectivity index is 1.46. The van der Waals surface area contributed by atoms with Crippen LogP contribution in [0.4, 0.5) is 14.5 Å². The molecule has 0 spiro atoms. The van der Waals surface area contributed by atoms with Crippen molar-refractivity contribution >= 4 is 21.6 Å². The number of pyridine rings is 1. The van der Waals surface area contributed by atoms with Crippen LogP contribution in [0.15, 0.2) is 90.1 Å². The van der Waals surface area contributed by atoms with E-state index in [9.17, 15) is 27.1 Å². The maximum atomic E-state index is 14.2. The van der Waals surface area contributed by atoms with Crippen molar-refractivity contribution in [3.05, 3.63) is 114 Å². The zero-order valence-corrected chi connectivity index (χ0v) is 22.8. The molecule has 1 atom stereocenters. The van der Waals surface area contributed by atoms with Crippen LogP contribution < -0.4 is 9.62 Å². The molecule has 0 radical (unpaired) electrons. The van der Waals surface area contributed by atoms with Crippen molar-refractivity contribution in [2.75, 3.05) is 4.90 Å². The standard InChI is InChI=1S/C30H27F2N3O4S/c1-29(2,3)34-40(38,39)22-14-12-21(13-15-22)30(37)23-6-4-5-7-26(23)35(28(30)36)18-19-8-10-20(11-9-19)27-24(31)16-33-17-25(27)32/h4-17,34,37H,18H2,1-3H3. The summed E-state index contributed by atoms with van der Waals surface area (Å²) in [6, 6.07) is 18.8. The molecule has 3 aromatic carbocycles. The number of aliphatic hydroxyl groups is 1. The number of fused-ring (bicyclic) bond motifs is 1. The first-order valence-electron chi connectivity index (χ1n) is 12.5. The number of hydrogen-bond donors (Lipinski definition) is 2. The normalized spacial score (nSPS) is 17.2. The van der Waals surface area contributed by atoms with E-state index in [-0.39, 0.29) is 22.6 Å². The van der Waals surface area contributed by atoms with E-state index in [1.54, 1.807) is 69.3 Å². The van der Waals surface area contributed by atoms with Gasteiger partial charge in [0.2, 0.25) is 10.0 Å². The average molecular weight is 564 g/mol. The summed E-state index contributed by atoms with van der Waals surface area (Å²) in [4.78, 5) is 18.7. The molecule has 2 N–H and O–H groups in total. The molecule has 1 amide bonds. The van der Waals surface area contributed by atoms with Crippen molar-refractivity contribution in [3.8, 4) is 11.1 Å². The number of hydrogen-bond acceptors (Lipinski definition) is 5. The predicted octanol–water partition coefficient (Wildman–Crippen LogP) is 4.89. The highest BCUT2D eigenvalue weighted by Gasteiger charge is 2.51. The minimum atomic E-state index is -3.81. The van der Waals surface area contributed by atoms with Gasteiger partial charge < -0.3 is 10.0 Å². The molecule has 4 aromatic rings. The lowest BCUT2D eigenvalue weighted by Gasteiger charge is -2.24. The van der Waals surface area contributed by atoms with Crippen molar-refractivity contribution in [2.24, 2.45) is 0 Å². The zero-order chi connectivity index (χ0) is 28.9. The van der Waals surface area contributed by atoms with Crippen LogP contribution in [-0.2, 0) is 27.0 Å². The number of amides is 1. The van der Waals surface area contributed by atoms with E-state index >= 15 is 0 Å². The molecule has 206 valence electrons. The van der Waals surface area contributed by atoms with E-state index < -0.39 is 38.7 Å². The molecule has 1 unspecified atom stereocenters. The minimum absolute atomic E-state index is 0.00697. The van der Waals surface area contributed by atoms with Crippen molar-refractivity contribution in [2.45, 2.75) is 43.4 Å². The van der Waals surface area contributed by atoms with Gasteiger partial charge in [0.1, 0.15) is 0 Å². The summed E-state index contributed by atoms with van der Waals surface area (Å²) in [5.41, 5.74) is -0.850. The van der Waals surface area contributed by atoms with Crippen LogP contribution in [0.25, 0.3) is 11.1 Å². The quantitative estimate of drug-likeness (QED) is 0.348. The van der Waals surface area contributed by atoms with Crippen LogP contribution in [0.3, 0.4) is 0 Å². The molecule has 10 heteroatoms. The van der Waals surface area contributed by atoms with E-state index in [2.05, 4.69) is 9.71 Å². The topological polar surface area (TPSA) is 99.6 Å². The molecule has 40 heavy (non-hydrogen) atoms. The number of aromatic nitrogens is 1. The fourth-order valence-electron chi connectivity index (χ4n) is 4.85. The molecule has 0 aliphatic carbocycles. The highest BCUT2D eigenvalue weighted by Crippen LogP contribution is 2.45. The van der Waals surface area contributed by atoms with Gasteiger partial charge in [0.25, 0.3) is 5.91 Å². The van der Waals surface area contributed by atoms with Gasteiger partial charge in [-0.3, -0.25) is 9.78 Å². The molecule has 1 aliphatic rings. The van der Waals surface area contributed by atoms with Crippen molar-refractivity contribution in [1.82, 2.24) is 9.71 Å². The first-order valence-corrected chi connectivity index (χ1v) is 14.0. The molecule has 0 saturated heterocycles. The Morgan fingerprint density at radius 2 is 1.52 bits per heavy atom. The number of rotatable bonds is 6. The molecule has 2 heterocycles. The van der Waals surface area contributed by atoms with Gasteiger partial charge in [-0.2, -0.15) is 0 Å². The molecular formula is C30H27F2N3O4S. The van der Waals surface area contributed by atoms with Gasteiger partial charge in [-0.1, -0.05) is 54.6 Å². The van der Waals surface area contributed by atoms with E-state index in [1.807, 2.05) is 0 Å². The number of carbonyl (C=O) groups excluding carboxylic acids is 1. The molecule has 1 aliphatic heterocycles. The van der Waals surface area contributed by atoms with Crippen LogP contribution in [0.2, 0.25) is 0 Å². The number of nitrogens with one attached hydrogen (secondary N) is 1. The van der Waals surface area contributed by atoms with E-state index in [0.29, 0.717) is 22.4 Å². The first kappa shape index (κ1) is 27.6. The van der Waals surface area contributed by atoms with Gasteiger partial charge in [0.15, 0.2) is 17.2 Å². The fourth-order valence-corrected chi connectivity index (χ4v) is 6.27. The third-order valence-electron chi connectivity index (χ3n) is 6.60. The van der Waals surface area contributed by atoms with Crippen LogP contribution in [0.5, 0.6) is 0 Å². The van der Waals surface area contributed by atoms with Gasteiger partial charge in [-0.15, -0.1) is 0 Å². The number of carbonyl (C=O) groups is 1. The number of halogens is 2. The number of nitrogens with zero attached hydrogens (tertiary/aromatic N) is 2. The Morgan fingerprint density at radius 1 is 0.925 bits per heavy atom. The van der Waals surface area contributed by atoms with E-state index in [1.165, 1.54) is 29.2 Å². The lowest BCUT2D eigenvalue weighted by Crippen LogP contribution is -2.41. The smallest absolute Gasteiger partial charge is 0.268 e. The molecule has 0 bridgehead atoms. The van der Waals surface area contributed by atoms with Gasteiger partial charge in [-0.25, -0.2) is 21.9 Å². The van der Waals surface area contributed by atoms with Crippen molar-refractivity contribution < 1.29 is 27.1 Å². The summed E-state index contributed by atoms with van der Waals surface area (Å²) in [6.45, 7) is 5.27. The largest absolute Gasteiger partial charge is 0.372 e. The van der Waals surface area contributed by atoms with Gasteiger partial charge in [0, 0.05) is 11.1 Å². The molecule has 1 aromatic heterocycles. The van der Waals surface area contributed by atoms with Crippen molar-refractivity contribution in [1.29, 1.82) is 0 Å². The zero-order valence-electron chi connectivity index (χ0n) is 22.0. The Kier molecular flexibility index (Phi) is 6.81. The number of anilines is 1. The Hall–Kier alpha value is -3.99. The number of para-hydroxylation sites is 1. The molecule has 7 nitrogen and oxygen atoms in total. The van der Waals surface area contributed by atoms with Gasteiger partial charge in [-0.05, 0) is 55.7 Å².